The Morgan fingerprint density at radius 1 is 1.14 bits per heavy atom. The molecule has 0 bridgehead atoms. The molecule has 4 heteroatoms. The Hall–Kier alpha value is -2.36. The molecule has 1 fully saturated rings. The number of anilines is 1. The first-order valence-electron chi connectivity index (χ1n) is 7.31. The van der Waals surface area contributed by atoms with E-state index in [9.17, 15) is 4.79 Å². The summed E-state index contributed by atoms with van der Waals surface area (Å²) in [7, 11) is 1.83. The summed E-state index contributed by atoms with van der Waals surface area (Å²) in [6.45, 7) is 1.69. The molecule has 4 nitrogen and oxygen atoms in total. The van der Waals surface area contributed by atoms with E-state index in [0.29, 0.717) is 0 Å². The van der Waals surface area contributed by atoms with Gasteiger partial charge in [0, 0.05) is 31.9 Å². The highest BCUT2D eigenvalue weighted by Gasteiger charge is 2.25. The van der Waals surface area contributed by atoms with E-state index in [1.807, 2.05) is 42.3 Å². The van der Waals surface area contributed by atoms with Crippen LogP contribution in [0.15, 0.2) is 42.7 Å². The van der Waals surface area contributed by atoms with Crippen LogP contribution in [0.25, 0.3) is 11.1 Å². The van der Waals surface area contributed by atoms with Crippen molar-refractivity contribution < 1.29 is 4.79 Å². The number of nitrogens with zero attached hydrogens (tertiary/aromatic N) is 2. The molecule has 0 radical (unpaired) electrons. The number of benzene rings is 1. The quantitative estimate of drug-likeness (QED) is 0.940. The largest absolute Gasteiger partial charge is 0.386 e. The van der Waals surface area contributed by atoms with Crippen molar-refractivity contribution in [1.82, 2.24) is 9.88 Å². The summed E-state index contributed by atoms with van der Waals surface area (Å²) >= 11 is 0. The van der Waals surface area contributed by atoms with Crippen LogP contribution >= 0.6 is 0 Å². The Morgan fingerprint density at radius 3 is 2.52 bits per heavy atom. The molecule has 1 amide bonds. The highest BCUT2D eigenvalue weighted by Crippen LogP contribution is 2.30. The van der Waals surface area contributed by atoms with Gasteiger partial charge < -0.3 is 10.2 Å². The predicted molar refractivity (Wildman–Crippen MR) is 84.4 cm³/mol. The van der Waals surface area contributed by atoms with Crippen LogP contribution in [-0.2, 0) is 0 Å². The Balaban J connectivity index is 2.10. The molecule has 0 aliphatic carbocycles. The van der Waals surface area contributed by atoms with Crippen LogP contribution in [-0.4, -0.2) is 35.9 Å². The number of carbonyl (C=O) groups excluding carboxylic acids is 1. The molecule has 0 atom stereocenters. The highest BCUT2D eigenvalue weighted by molar-refractivity contribution is 6.05. The van der Waals surface area contributed by atoms with Gasteiger partial charge in [-0.2, -0.15) is 0 Å². The molecule has 0 unspecified atom stereocenters. The van der Waals surface area contributed by atoms with Crippen molar-refractivity contribution in [1.29, 1.82) is 0 Å². The van der Waals surface area contributed by atoms with Gasteiger partial charge in [0.1, 0.15) is 0 Å². The van der Waals surface area contributed by atoms with Crippen molar-refractivity contribution in [3.05, 3.63) is 48.3 Å². The van der Waals surface area contributed by atoms with Gasteiger partial charge in [0.05, 0.1) is 17.4 Å². The zero-order chi connectivity index (χ0) is 14.7. The number of hydrogen-bond acceptors (Lipinski definition) is 3. The number of rotatable bonds is 3. The molecule has 1 aliphatic rings. The summed E-state index contributed by atoms with van der Waals surface area (Å²) < 4.78 is 0. The molecule has 1 N–H and O–H groups in total. The van der Waals surface area contributed by atoms with E-state index < -0.39 is 0 Å². The molecular weight excluding hydrogens is 262 g/mol. The maximum atomic E-state index is 12.9. The molecule has 0 saturated carbocycles. The van der Waals surface area contributed by atoms with Crippen molar-refractivity contribution in [2.45, 2.75) is 12.8 Å². The van der Waals surface area contributed by atoms with E-state index in [0.717, 1.165) is 48.3 Å². The van der Waals surface area contributed by atoms with Gasteiger partial charge in [-0.25, -0.2) is 0 Å². The van der Waals surface area contributed by atoms with Crippen LogP contribution in [0.1, 0.15) is 23.2 Å². The summed E-state index contributed by atoms with van der Waals surface area (Å²) in [5.41, 5.74) is 3.41. The Kier molecular flexibility index (Phi) is 3.86. The van der Waals surface area contributed by atoms with Crippen LogP contribution in [0.4, 0.5) is 5.69 Å². The average molecular weight is 281 g/mol. The molecule has 3 rings (SSSR count). The van der Waals surface area contributed by atoms with E-state index >= 15 is 0 Å². The van der Waals surface area contributed by atoms with Crippen molar-refractivity contribution in [3.63, 3.8) is 0 Å². The second-order valence-corrected chi connectivity index (χ2v) is 5.22. The predicted octanol–water partition coefficient (Wildman–Crippen LogP) is 3.03. The fourth-order valence-corrected chi connectivity index (χ4v) is 2.80. The monoisotopic (exact) mass is 281 g/mol. The molecule has 2 heterocycles. The van der Waals surface area contributed by atoms with Crippen LogP contribution in [0.5, 0.6) is 0 Å². The minimum atomic E-state index is 0.0955. The van der Waals surface area contributed by atoms with Crippen molar-refractivity contribution in [2.75, 3.05) is 25.5 Å². The number of nitrogens with one attached hydrogen (secondary N) is 1. The van der Waals surface area contributed by atoms with Crippen LogP contribution in [0, 0.1) is 0 Å². The third-order valence-corrected chi connectivity index (χ3v) is 3.91. The standard InChI is InChI=1S/C17H19N3O/c1-18-15-12-19-11-14(13-7-3-2-4-8-13)16(15)17(21)20-9-5-6-10-20/h2-4,7-8,11-12,18H,5-6,9-10H2,1H3. The molecule has 1 aromatic heterocycles. The van der Waals surface area contributed by atoms with E-state index in [1.54, 1.807) is 12.4 Å². The topological polar surface area (TPSA) is 45.2 Å². The number of hydrogen-bond donors (Lipinski definition) is 1. The maximum Gasteiger partial charge on any atom is 0.256 e. The lowest BCUT2D eigenvalue weighted by atomic mass is 10.00. The zero-order valence-corrected chi connectivity index (χ0v) is 12.2. The van der Waals surface area contributed by atoms with Gasteiger partial charge in [-0.3, -0.25) is 9.78 Å². The summed E-state index contributed by atoms with van der Waals surface area (Å²) in [6.07, 6.45) is 5.67. The van der Waals surface area contributed by atoms with E-state index in [4.69, 9.17) is 0 Å². The fraction of sp³-hybridized carbons (Fsp3) is 0.294. The lowest BCUT2D eigenvalue weighted by Crippen LogP contribution is -2.28. The highest BCUT2D eigenvalue weighted by atomic mass is 16.2. The Labute approximate surface area is 124 Å². The van der Waals surface area contributed by atoms with Crippen LogP contribution < -0.4 is 5.32 Å². The number of aromatic nitrogens is 1. The summed E-state index contributed by atoms with van der Waals surface area (Å²) in [4.78, 5) is 19.1. The summed E-state index contributed by atoms with van der Waals surface area (Å²) in [5.74, 6) is 0.0955. The van der Waals surface area contributed by atoms with Crippen molar-refractivity contribution in [3.8, 4) is 11.1 Å². The first kappa shape index (κ1) is 13.6. The first-order valence-corrected chi connectivity index (χ1v) is 7.31. The third-order valence-electron chi connectivity index (χ3n) is 3.91. The lowest BCUT2D eigenvalue weighted by Gasteiger charge is -2.20. The van der Waals surface area contributed by atoms with Gasteiger partial charge in [0.25, 0.3) is 5.91 Å². The molecular formula is C17H19N3O. The van der Waals surface area contributed by atoms with Crippen LogP contribution in [0.3, 0.4) is 0 Å². The zero-order valence-electron chi connectivity index (χ0n) is 12.2. The van der Waals surface area contributed by atoms with Crippen LogP contribution in [0.2, 0.25) is 0 Å². The van der Waals surface area contributed by atoms with Gasteiger partial charge in [0.15, 0.2) is 0 Å². The number of pyridine rings is 1. The van der Waals surface area contributed by atoms with Gasteiger partial charge >= 0.3 is 0 Å². The number of likely N-dealkylation sites (tertiary alicyclic amines) is 1. The van der Waals surface area contributed by atoms with Gasteiger partial charge in [-0.1, -0.05) is 30.3 Å². The molecule has 2 aromatic rings. The van der Waals surface area contributed by atoms with Gasteiger partial charge in [-0.05, 0) is 18.4 Å². The fourth-order valence-electron chi connectivity index (χ4n) is 2.80. The second kappa shape index (κ2) is 5.95. The minimum absolute atomic E-state index is 0.0955. The second-order valence-electron chi connectivity index (χ2n) is 5.22. The molecule has 21 heavy (non-hydrogen) atoms. The van der Waals surface area contributed by atoms with Crippen molar-refractivity contribution >= 4 is 11.6 Å². The maximum absolute atomic E-state index is 12.9. The first-order chi connectivity index (χ1) is 10.3. The molecule has 1 saturated heterocycles. The third kappa shape index (κ3) is 2.61. The van der Waals surface area contributed by atoms with Gasteiger partial charge in [-0.15, -0.1) is 0 Å². The molecule has 1 aromatic carbocycles. The smallest absolute Gasteiger partial charge is 0.256 e. The Morgan fingerprint density at radius 2 is 1.86 bits per heavy atom. The van der Waals surface area contributed by atoms with E-state index in [-0.39, 0.29) is 5.91 Å². The average Bonchev–Trinajstić information content (AvgIpc) is 3.08. The number of carbonyl (C=O) groups is 1. The Bertz CT molecular complexity index is 634. The van der Waals surface area contributed by atoms with Gasteiger partial charge in [0.2, 0.25) is 0 Å². The number of amides is 1. The SMILES string of the molecule is CNc1cncc(-c2ccccc2)c1C(=O)N1CCCC1. The van der Waals surface area contributed by atoms with E-state index in [1.165, 1.54) is 0 Å². The van der Waals surface area contributed by atoms with Crippen molar-refractivity contribution in [2.24, 2.45) is 0 Å². The summed E-state index contributed by atoms with van der Waals surface area (Å²) in [5, 5.41) is 3.10. The molecule has 0 spiro atoms. The lowest BCUT2D eigenvalue weighted by molar-refractivity contribution is 0.0794. The minimum Gasteiger partial charge on any atom is -0.386 e. The molecule has 108 valence electrons. The molecule has 1 aliphatic heterocycles. The van der Waals surface area contributed by atoms with E-state index in [2.05, 4.69) is 10.3 Å². The normalized spacial score (nSPS) is 14.2. The summed E-state index contributed by atoms with van der Waals surface area (Å²) in [6, 6.07) is 9.95.